The van der Waals surface area contributed by atoms with E-state index < -0.39 is 10.0 Å². The first-order chi connectivity index (χ1) is 10.8. The molecule has 136 valence electrons. The number of nitrogens with zero attached hydrogens (tertiary/aromatic N) is 1. The normalized spacial score (nSPS) is 26.2. The molecular formula is C15H24ClN3O4S. The summed E-state index contributed by atoms with van der Waals surface area (Å²) in [6, 6.07) is 2.38. The lowest BCUT2D eigenvalue weighted by Crippen LogP contribution is -2.47. The molecular weight excluding hydrogens is 354 g/mol. The minimum Gasteiger partial charge on any atom is -0.455 e. The lowest BCUT2D eigenvalue weighted by molar-refractivity contribution is 0.0894. The number of aryl methyl sites for hydroxylation is 1. The van der Waals surface area contributed by atoms with E-state index in [1.54, 1.807) is 6.92 Å². The molecule has 0 saturated carbocycles. The van der Waals surface area contributed by atoms with Crippen LogP contribution in [0.1, 0.15) is 42.0 Å². The molecule has 1 amide bonds. The predicted molar refractivity (Wildman–Crippen MR) is 92.0 cm³/mol. The summed E-state index contributed by atoms with van der Waals surface area (Å²) in [6.45, 7) is 1.55. The van der Waals surface area contributed by atoms with E-state index in [-0.39, 0.29) is 40.8 Å². The first kappa shape index (κ1) is 19.2. The maximum atomic E-state index is 12.4. The van der Waals surface area contributed by atoms with E-state index >= 15 is 0 Å². The molecule has 0 radical (unpaired) electrons. The zero-order valence-corrected chi connectivity index (χ0v) is 15.7. The zero-order valence-electron chi connectivity index (χ0n) is 14.0. The molecule has 2 unspecified atom stereocenters. The Kier molecular flexibility index (Phi) is 5.64. The topological polar surface area (TPSA) is 91.6 Å². The molecule has 1 aromatic heterocycles. The molecule has 2 atom stereocenters. The summed E-state index contributed by atoms with van der Waals surface area (Å²) < 4.78 is 30.9. The molecule has 3 heterocycles. The number of carbonyl (C=O) groups excluding carboxylic acids is 1. The van der Waals surface area contributed by atoms with E-state index in [1.807, 2.05) is 0 Å². The van der Waals surface area contributed by atoms with E-state index in [0.29, 0.717) is 12.1 Å². The molecule has 7 nitrogen and oxygen atoms in total. The molecule has 2 aliphatic heterocycles. The van der Waals surface area contributed by atoms with Crippen LogP contribution in [-0.4, -0.2) is 50.9 Å². The Morgan fingerprint density at radius 3 is 2.42 bits per heavy atom. The van der Waals surface area contributed by atoms with E-state index in [1.165, 1.54) is 20.2 Å². The van der Waals surface area contributed by atoms with Crippen LogP contribution in [0.4, 0.5) is 0 Å². The van der Waals surface area contributed by atoms with Crippen LogP contribution in [0.25, 0.3) is 0 Å². The minimum absolute atomic E-state index is 0. The van der Waals surface area contributed by atoms with Gasteiger partial charge < -0.3 is 15.1 Å². The van der Waals surface area contributed by atoms with Gasteiger partial charge in [0.15, 0.2) is 5.76 Å². The summed E-state index contributed by atoms with van der Waals surface area (Å²) in [4.78, 5) is 12.4. The number of hydrogen-bond acceptors (Lipinski definition) is 5. The van der Waals surface area contributed by atoms with Crippen LogP contribution >= 0.6 is 12.4 Å². The van der Waals surface area contributed by atoms with Crippen molar-refractivity contribution >= 4 is 28.3 Å². The average molecular weight is 378 g/mol. The molecule has 2 fully saturated rings. The van der Waals surface area contributed by atoms with Gasteiger partial charge in [-0.2, -0.15) is 0 Å². The van der Waals surface area contributed by atoms with Gasteiger partial charge >= 0.3 is 0 Å². The van der Waals surface area contributed by atoms with Gasteiger partial charge in [0, 0.05) is 38.3 Å². The second-order valence-electron chi connectivity index (χ2n) is 6.60. The smallest absolute Gasteiger partial charge is 0.287 e. The Morgan fingerprint density at radius 2 is 1.88 bits per heavy atom. The fourth-order valence-corrected chi connectivity index (χ4v) is 4.52. The molecule has 2 bridgehead atoms. The third-order valence-electron chi connectivity index (χ3n) is 4.66. The van der Waals surface area contributed by atoms with Crippen molar-refractivity contribution in [3.05, 3.63) is 17.6 Å². The highest BCUT2D eigenvalue weighted by atomic mass is 35.5. The first-order valence-corrected chi connectivity index (χ1v) is 9.31. The number of halogens is 1. The summed E-state index contributed by atoms with van der Waals surface area (Å²) in [7, 11) is -0.710. The SMILES string of the molecule is Cc1oc(C(=O)NC2CC3CCC(C2)N3)cc1S(=O)(=O)N(C)C.Cl. The molecule has 0 spiro atoms. The van der Waals surface area contributed by atoms with Crippen LogP contribution in [0.2, 0.25) is 0 Å². The van der Waals surface area contributed by atoms with Crippen molar-refractivity contribution < 1.29 is 17.6 Å². The van der Waals surface area contributed by atoms with Crippen molar-refractivity contribution in [1.82, 2.24) is 14.9 Å². The van der Waals surface area contributed by atoms with Gasteiger partial charge in [0.25, 0.3) is 5.91 Å². The predicted octanol–water partition coefficient (Wildman–Crippen LogP) is 1.27. The van der Waals surface area contributed by atoms with Crippen molar-refractivity contribution in [2.75, 3.05) is 14.1 Å². The Balaban J connectivity index is 0.00000208. The highest BCUT2D eigenvalue weighted by molar-refractivity contribution is 7.89. The zero-order chi connectivity index (χ0) is 16.8. The van der Waals surface area contributed by atoms with Crippen molar-refractivity contribution in [1.29, 1.82) is 0 Å². The summed E-state index contributed by atoms with van der Waals surface area (Å²) in [5.41, 5.74) is 0. The van der Waals surface area contributed by atoms with Gasteiger partial charge in [0.2, 0.25) is 10.0 Å². The lowest BCUT2D eigenvalue weighted by atomic mass is 10.00. The number of rotatable bonds is 4. The van der Waals surface area contributed by atoms with Crippen molar-refractivity contribution in [2.24, 2.45) is 0 Å². The maximum absolute atomic E-state index is 12.4. The van der Waals surface area contributed by atoms with Gasteiger partial charge in [-0.05, 0) is 32.6 Å². The molecule has 2 aliphatic rings. The molecule has 0 aliphatic carbocycles. The van der Waals surface area contributed by atoms with Crippen molar-refractivity contribution in [2.45, 2.75) is 55.6 Å². The number of nitrogens with one attached hydrogen (secondary N) is 2. The molecule has 24 heavy (non-hydrogen) atoms. The number of piperidine rings is 1. The number of hydrogen-bond donors (Lipinski definition) is 2. The third-order valence-corrected chi connectivity index (χ3v) is 6.59. The average Bonchev–Trinajstić information content (AvgIpc) is 3.02. The maximum Gasteiger partial charge on any atom is 0.287 e. The van der Waals surface area contributed by atoms with Crippen LogP contribution in [0.15, 0.2) is 15.4 Å². The highest BCUT2D eigenvalue weighted by Crippen LogP contribution is 2.27. The molecule has 2 saturated heterocycles. The summed E-state index contributed by atoms with van der Waals surface area (Å²) >= 11 is 0. The highest BCUT2D eigenvalue weighted by Gasteiger charge is 2.35. The van der Waals surface area contributed by atoms with Crippen molar-refractivity contribution in [3.63, 3.8) is 0 Å². The van der Waals surface area contributed by atoms with E-state index in [0.717, 1.165) is 30.0 Å². The second kappa shape index (κ2) is 7.03. The standard InChI is InChI=1S/C15H23N3O4S.ClH/c1-9-14(23(20,21)18(2)3)8-13(22-9)15(19)17-12-6-10-4-5-11(7-12)16-10;/h8,10-12,16H,4-7H2,1-3H3,(H,17,19);1H. The lowest BCUT2D eigenvalue weighted by Gasteiger charge is -2.29. The fourth-order valence-electron chi connectivity index (χ4n) is 3.46. The summed E-state index contributed by atoms with van der Waals surface area (Å²) in [5.74, 6) is -0.0670. The Morgan fingerprint density at radius 1 is 1.29 bits per heavy atom. The Hall–Kier alpha value is -1.09. The number of sulfonamides is 1. The quantitative estimate of drug-likeness (QED) is 0.824. The van der Waals surface area contributed by atoms with Gasteiger partial charge in [-0.3, -0.25) is 4.79 Å². The van der Waals surface area contributed by atoms with Gasteiger partial charge in [-0.25, -0.2) is 12.7 Å². The summed E-state index contributed by atoms with van der Waals surface area (Å²) in [6.07, 6.45) is 4.12. The minimum atomic E-state index is -3.61. The summed E-state index contributed by atoms with van der Waals surface area (Å²) in [5, 5.41) is 6.50. The van der Waals surface area contributed by atoms with Gasteiger partial charge in [-0.1, -0.05) is 0 Å². The number of amides is 1. The van der Waals surface area contributed by atoms with Gasteiger partial charge in [0.05, 0.1) is 0 Å². The monoisotopic (exact) mass is 377 g/mol. The number of carbonyl (C=O) groups is 1. The third kappa shape index (κ3) is 3.61. The molecule has 9 heteroatoms. The van der Waals surface area contributed by atoms with Crippen LogP contribution in [0.3, 0.4) is 0 Å². The van der Waals surface area contributed by atoms with Crippen molar-refractivity contribution in [3.8, 4) is 0 Å². The molecule has 2 N–H and O–H groups in total. The van der Waals surface area contributed by atoms with Crippen LogP contribution in [-0.2, 0) is 10.0 Å². The fraction of sp³-hybridized carbons (Fsp3) is 0.667. The Bertz CT molecular complexity index is 704. The Labute approximate surface area is 148 Å². The van der Waals surface area contributed by atoms with E-state index in [4.69, 9.17) is 4.42 Å². The van der Waals surface area contributed by atoms with Crippen LogP contribution in [0.5, 0.6) is 0 Å². The number of furan rings is 1. The first-order valence-electron chi connectivity index (χ1n) is 7.87. The van der Waals surface area contributed by atoms with Gasteiger partial charge in [-0.15, -0.1) is 12.4 Å². The largest absolute Gasteiger partial charge is 0.455 e. The van der Waals surface area contributed by atoms with Gasteiger partial charge in [0.1, 0.15) is 10.7 Å². The van der Waals surface area contributed by atoms with E-state index in [9.17, 15) is 13.2 Å². The molecule has 3 rings (SSSR count). The molecule has 0 aromatic carbocycles. The molecule has 1 aromatic rings. The van der Waals surface area contributed by atoms with E-state index in [2.05, 4.69) is 10.6 Å². The second-order valence-corrected chi connectivity index (χ2v) is 8.72. The van der Waals surface area contributed by atoms with Crippen LogP contribution in [0, 0.1) is 6.92 Å². The number of fused-ring (bicyclic) bond motifs is 2. The van der Waals surface area contributed by atoms with Crippen LogP contribution < -0.4 is 10.6 Å².